The van der Waals surface area contributed by atoms with E-state index in [9.17, 15) is 9.18 Å². The Hall–Kier alpha value is -1.92. The van der Waals surface area contributed by atoms with Gasteiger partial charge in [0.05, 0.1) is 23.5 Å². The third-order valence-electron chi connectivity index (χ3n) is 4.71. The van der Waals surface area contributed by atoms with Gasteiger partial charge in [-0.1, -0.05) is 12.1 Å². The highest BCUT2D eigenvalue weighted by Gasteiger charge is 2.34. The van der Waals surface area contributed by atoms with Gasteiger partial charge in [-0.3, -0.25) is 4.79 Å². The molecule has 1 unspecified atom stereocenters. The van der Waals surface area contributed by atoms with Crippen molar-refractivity contribution in [2.45, 2.75) is 26.1 Å². The summed E-state index contributed by atoms with van der Waals surface area (Å²) < 4.78 is 13.1. The van der Waals surface area contributed by atoms with Crippen LogP contribution in [0.3, 0.4) is 0 Å². The lowest BCUT2D eigenvalue weighted by molar-refractivity contribution is -0.913. The molecule has 2 aromatic rings. The summed E-state index contributed by atoms with van der Waals surface area (Å²) in [5.74, 6) is -0.295. The smallest absolute Gasteiger partial charge is 0.256 e. The first kappa shape index (κ1) is 14.7. The number of thiophene rings is 1. The van der Waals surface area contributed by atoms with E-state index in [1.54, 1.807) is 28.4 Å². The van der Waals surface area contributed by atoms with Crippen molar-refractivity contribution in [3.63, 3.8) is 0 Å². The molecule has 2 atom stereocenters. The van der Waals surface area contributed by atoms with Gasteiger partial charge < -0.3 is 15.5 Å². The van der Waals surface area contributed by atoms with Gasteiger partial charge >= 0.3 is 0 Å². The lowest BCUT2D eigenvalue weighted by atomic mass is 10.0. The number of halogens is 1. The maximum atomic E-state index is 13.1. The molecule has 23 heavy (non-hydrogen) atoms. The number of nitrogens with one attached hydrogen (secondary N) is 3. The standard InChI is InChI=1S/C17H18FN3OS/c1-2-21-8-7-12-13(9-21)23-17-14(12)16(22)19-15(20-17)10-3-5-11(18)6-4-10/h3-6,15,20H,2,7-9H2,1H3,(H,19,22)/p+1/t15-/m1/s1. The van der Waals surface area contributed by atoms with Crippen LogP contribution in [0.15, 0.2) is 24.3 Å². The van der Waals surface area contributed by atoms with E-state index >= 15 is 0 Å². The Morgan fingerprint density at radius 3 is 2.83 bits per heavy atom. The van der Waals surface area contributed by atoms with Crippen LogP contribution in [0.1, 0.15) is 39.5 Å². The molecular formula is C17H19FN3OS+. The molecule has 0 fully saturated rings. The Bertz CT molecular complexity index is 756. The highest BCUT2D eigenvalue weighted by molar-refractivity contribution is 7.16. The van der Waals surface area contributed by atoms with Crippen LogP contribution in [0, 0.1) is 5.82 Å². The van der Waals surface area contributed by atoms with Crippen molar-refractivity contribution in [2.24, 2.45) is 0 Å². The quantitative estimate of drug-likeness (QED) is 0.784. The zero-order valence-electron chi connectivity index (χ0n) is 12.9. The largest absolute Gasteiger partial charge is 0.353 e. The van der Waals surface area contributed by atoms with Crippen molar-refractivity contribution in [1.29, 1.82) is 0 Å². The van der Waals surface area contributed by atoms with Crippen molar-refractivity contribution >= 4 is 22.2 Å². The van der Waals surface area contributed by atoms with Crippen LogP contribution in [-0.2, 0) is 13.0 Å². The summed E-state index contributed by atoms with van der Waals surface area (Å²) in [5.41, 5.74) is 2.89. The molecule has 4 nitrogen and oxygen atoms in total. The fourth-order valence-electron chi connectivity index (χ4n) is 3.37. The molecule has 0 saturated carbocycles. The summed E-state index contributed by atoms with van der Waals surface area (Å²) in [6.45, 7) is 5.39. The molecule has 0 radical (unpaired) electrons. The average molecular weight is 332 g/mol. The Balaban J connectivity index is 1.66. The molecule has 3 heterocycles. The van der Waals surface area contributed by atoms with Crippen LogP contribution in [0.4, 0.5) is 9.39 Å². The summed E-state index contributed by atoms with van der Waals surface area (Å²) >= 11 is 1.70. The lowest BCUT2D eigenvalue weighted by Crippen LogP contribution is -3.11. The monoisotopic (exact) mass is 332 g/mol. The average Bonchev–Trinajstić information content (AvgIpc) is 2.93. The number of likely N-dealkylation sites (N-methyl/N-ethyl adjacent to an activating group) is 1. The van der Waals surface area contributed by atoms with E-state index in [0.29, 0.717) is 0 Å². The number of carbonyl (C=O) groups is 1. The first-order chi connectivity index (χ1) is 11.2. The molecule has 2 aliphatic heterocycles. The third-order valence-corrected chi connectivity index (χ3v) is 5.87. The second kappa shape index (κ2) is 5.62. The molecule has 3 N–H and O–H groups in total. The van der Waals surface area contributed by atoms with Crippen molar-refractivity contribution in [3.8, 4) is 0 Å². The van der Waals surface area contributed by atoms with E-state index in [1.165, 1.54) is 22.6 Å². The molecule has 1 aromatic carbocycles. The van der Waals surface area contributed by atoms with Crippen LogP contribution in [0.2, 0.25) is 0 Å². The minimum absolute atomic E-state index is 0.0227. The van der Waals surface area contributed by atoms with E-state index in [1.807, 2.05) is 0 Å². The Kier molecular flexibility index (Phi) is 3.58. The molecule has 4 rings (SSSR count). The fourth-order valence-corrected chi connectivity index (χ4v) is 4.72. The van der Waals surface area contributed by atoms with Crippen molar-refractivity contribution in [3.05, 3.63) is 51.7 Å². The van der Waals surface area contributed by atoms with Crippen LogP contribution in [-0.4, -0.2) is 19.0 Å². The maximum Gasteiger partial charge on any atom is 0.256 e. The highest BCUT2D eigenvalue weighted by Crippen LogP contribution is 2.38. The molecule has 1 aromatic heterocycles. The Morgan fingerprint density at radius 1 is 1.30 bits per heavy atom. The predicted octanol–water partition coefficient (Wildman–Crippen LogP) is 1.70. The number of amides is 1. The van der Waals surface area contributed by atoms with Gasteiger partial charge in [0, 0.05) is 6.42 Å². The minimum Gasteiger partial charge on any atom is -0.353 e. The van der Waals surface area contributed by atoms with Crippen LogP contribution < -0.4 is 15.5 Å². The van der Waals surface area contributed by atoms with Crippen LogP contribution in [0.5, 0.6) is 0 Å². The van der Waals surface area contributed by atoms with Gasteiger partial charge in [0.25, 0.3) is 5.91 Å². The highest BCUT2D eigenvalue weighted by atomic mass is 32.1. The van der Waals surface area contributed by atoms with E-state index in [2.05, 4.69) is 17.6 Å². The van der Waals surface area contributed by atoms with Gasteiger partial charge in [0.2, 0.25) is 0 Å². The SMILES string of the molecule is CC[NH+]1CCc2c(sc3c2C(=O)N[C@@H](c2ccc(F)cc2)N3)C1. The van der Waals surface area contributed by atoms with Gasteiger partial charge in [-0.05, 0) is 30.2 Å². The van der Waals surface area contributed by atoms with E-state index in [0.717, 1.165) is 42.2 Å². The number of hydrogen-bond donors (Lipinski definition) is 3. The first-order valence-electron chi connectivity index (χ1n) is 7.96. The van der Waals surface area contributed by atoms with Gasteiger partial charge in [-0.15, -0.1) is 11.3 Å². The predicted molar refractivity (Wildman–Crippen MR) is 88.3 cm³/mol. The van der Waals surface area contributed by atoms with Crippen LogP contribution in [0.25, 0.3) is 0 Å². The van der Waals surface area contributed by atoms with Gasteiger partial charge in [-0.2, -0.15) is 0 Å². The molecule has 120 valence electrons. The second-order valence-corrected chi connectivity index (χ2v) is 7.20. The van der Waals surface area contributed by atoms with Crippen molar-refractivity contribution in [2.75, 3.05) is 18.4 Å². The molecule has 0 bridgehead atoms. The third kappa shape index (κ3) is 2.52. The lowest BCUT2D eigenvalue weighted by Gasteiger charge is -2.27. The summed E-state index contributed by atoms with van der Waals surface area (Å²) in [6, 6.07) is 6.24. The van der Waals surface area contributed by atoms with Gasteiger partial charge in [-0.25, -0.2) is 4.39 Å². The van der Waals surface area contributed by atoms with Crippen molar-refractivity contribution in [1.82, 2.24) is 5.32 Å². The Morgan fingerprint density at radius 2 is 2.09 bits per heavy atom. The number of carbonyl (C=O) groups excluding carboxylic acids is 1. The molecular weight excluding hydrogens is 313 g/mol. The molecule has 0 spiro atoms. The fraction of sp³-hybridized carbons (Fsp3) is 0.353. The summed E-state index contributed by atoms with van der Waals surface area (Å²) in [7, 11) is 0. The number of fused-ring (bicyclic) bond motifs is 3. The number of hydrogen-bond acceptors (Lipinski definition) is 3. The number of quaternary nitrogens is 1. The van der Waals surface area contributed by atoms with Crippen LogP contribution >= 0.6 is 11.3 Å². The Labute approximate surface area is 138 Å². The molecule has 0 saturated heterocycles. The summed E-state index contributed by atoms with van der Waals surface area (Å²) in [5, 5.41) is 7.35. The van der Waals surface area contributed by atoms with Gasteiger partial charge in [0.1, 0.15) is 23.5 Å². The summed E-state index contributed by atoms with van der Waals surface area (Å²) in [6.07, 6.45) is 0.658. The maximum absolute atomic E-state index is 13.1. The molecule has 2 aliphatic rings. The molecule has 0 aliphatic carbocycles. The second-order valence-electron chi connectivity index (χ2n) is 6.09. The molecule has 6 heteroatoms. The van der Waals surface area contributed by atoms with Gasteiger partial charge in [0.15, 0.2) is 0 Å². The summed E-state index contributed by atoms with van der Waals surface area (Å²) in [4.78, 5) is 15.5. The topological polar surface area (TPSA) is 45.6 Å². The normalized spacial score (nSPS) is 22.8. The minimum atomic E-state index is -0.301. The number of anilines is 1. The molecule has 1 amide bonds. The van der Waals surface area contributed by atoms with E-state index in [-0.39, 0.29) is 17.9 Å². The van der Waals surface area contributed by atoms with Crippen molar-refractivity contribution < 1.29 is 14.1 Å². The van der Waals surface area contributed by atoms with E-state index < -0.39 is 0 Å². The number of benzene rings is 1. The zero-order valence-corrected chi connectivity index (χ0v) is 13.7. The zero-order chi connectivity index (χ0) is 16.0. The first-order valence-corrected chi connectivity index (χ1v) is 8.78. The van der Waals surface area contributed by atoms with E-state index in [4.69, 9.17) is 0 Å². The number of rotatable bonds is 2.